The fraction of sp³-hybridized carbons (Fsp3) is 0.500. The first-order chi connectivity index (χ1) is 13.4. The highest BCUT2D eigenvalue weighted by molar-refractivity contribution is 7.91. The van der Waals surface area contributed by atoms with Gasteiger partial charge in [-0.3, -0.25) is 4.90 Å². The maximum Gasteiger partial charge on any atom is 0.151 e. The molecule has 1 N–H and O–H groups in total. The molecule has 3 rings (SSSR count). The van der Waals surface area contributed by atoms with Crippen molar-refractivity contribution in [3.8, 4) is 11.5 Å². The van der Waals surface area contributed by atoms with Crippen LogP contribution in [0.5, 0.6) is 11.5 Å². The van der Waals surface area contributed by atoms with Crippen LogP contribution in [-0.2, 0) is 16.4 Å². The maximum atomic E-state index is 11.9. The molecule has 0 bridgehead atoms. The van der Waals surface area contributed by atoms with E-state index in [9.17, 15) is 13.5 Å². The van der Waals surface area contributed by atoms with Crippen LogP contribution >= 0.6 is 11.3 Å². The molecule has 154 valence electrons. The summed E-state index contributed by atoms with van der Waals surface area (Å²) >= 11 is 1.66. The van der Waals surface area contributed by atoms with Gasteiger partial charge in [-0.25, -0.2) is 8.42 Å². The van der Waals surface area contributed by atoms with Gasteiger partial charge >= 0.3 is 0 Å². The number of aryl methyl sites for hydroxylation is 1. The standard InChI is InChI=1S/C20H27NO5S2/c1-15-7-9-27-20(15)12-21(16-8-10-28(23,24)14-16)11-17(22)13-26-19-5-3-18(25-2)4-6-19/h3-7,9,16-17,22H,8,10-14H2,1-2H3. The summed E-state index contributed by atoms with van der Waals surface area (Å²) in [5.74, 6) is 1.77. The number of hydrogen-bond donors (Lipinski definition) is 1. The molecule has 6 nitrogen and oxygen atoms in total. The molecule has 0 amide bonds. The fourth-order valence-corrected chi connectivity index (χ4v) is 6.04. The lowest BCUT2D eigenvalue weighted by Crippen LogP contribution is -2.42. The lowest BCUT2D eigenvalue weighted by atomic mass is 10.1. The zero-order valence-electron chi connectivity index (χ0n) is 16.2. The molecule has 0 saturated carbocycles. The van der Waals surface area contributed by atoms with Gasteiger partial charge in [-0.1, -0.05) is 0 Å². The first-order valence-corrected chi connectivity index (χ1v) is 12.0. The molecule has 1 aliphatic heterocycles. The molecule has 1 aromatic carbocycles. The molecular weight excluding hydrogens is 398 g/mol. The molecule has 2 aromatic rings. The first-order valence-electron chi connectivity index (χ1n) is 9.28. The topological polar surface area (TPSA) is 76.1 Å². The van der Waals surface area contributed by atoms with E-state index in [-0.39, 0.29) is 24.2 Å². The van der Waals surface area contributed by atoms with Crippen molar-refractivity contribution in [2.24, 2.45) is 0 Å². The summed E-state index contributed by atoms with van der Waals surface area (Å²) in [6.07, 6.45) is -0.107. The number of sulfone groups is 1. The highest BCUT2D eigenvalue weighted by atomic mass is 32.2. The molecule has 0 spiro atoms. The fourth-order valence-electron chi connectivity index (χ4n) is 3.34. The van der Waals surface area contributed by atoms with Crippen LogP contribution in [0.25, 0.3) is 0 Å². The van der Waals surface area contributed by atoms with E-state index in [1.807, 2.05) is 5.38 Å². The Hall–Kier alpha value is -1.61. The highest BCUT2D eigenvalue weighted by Gasteiger charge is 2.33. The second kappa shape index (κ2) is 9.26. The SMILES string of the molecule is COc1ccc(OCC(O)CN(Cc2sccc2C)C2CCS(=O)(=O)C2)cc1. The molecule has 2 atom stereocenters. The minimum Gasteiger partial charge on any atom is -0.497 e. The minimum absolute atomic E-state index is 0.0675. The predicted molar refractivity (Wildman–Crippen MR) is 111 cm³/mol. The van der Waals surface area contributed by atoms with Crippen LogP contribution in [0.2, 0.25) is 0 Å². The molecule has 8 heteroatoms. The van der Waals surface area contributed by atoms with Crippen LogP contribution in [0.15, 0.2) is 35.7 Å². The highest BCUT2D eigenvalue weighted by Crippen LogP contribution is 2.24. The van der Waals surface area contributed by atoms with Crippen molar-refractivity contribution < 1.29 is 23.0 Å². The van der Waals surface area contributed by atoms with Gasteiger partial charge < -0.3 is 14.6 Å². The van der Waals surface area contributed by atoms with Gasteiger partial charge in [0.25, 0.3) is 0 Å². The number of aliphatic hydroxyl groups is 1. The van der Waals surface area contributed by atoms with Gasteiger partial charge in [0.1, 0.15) is 24.2 Å². The largest absolute Gasteiger partial charge is 0.497 e. The number of hydrogen-bond acceptors (Lipinski definition) is 7. The molecule has 1 aromatic heterocycles. The van der Waals surface area contributed by atoms with Crippen LogP contribution in [0.3, 0.4) is 0 Å². The van der Waals surface area contributed by atoms with Crippen molar-refractivity contribution in [3.05, 3.63) is 46.2 Å². The Morgan fingerprint density at radius 2 is 1.96 bits per heavy atom. The van der Waals surface area contributed by atoms with Gasteiger partial charge in [0.15, 0.2) is 9.84 Å². The summed E-state index contributed by atoms with van der Waals surface area (Å²) in [6.45, 7) is 3.21. The van der Waals surface area contributed by atoms with E-state index in [1.54, 1.807) is 42.7 Å². The third-order valence-electron chi connectivity index (χ3n) is 4.99. The van der Waals surface area contributed by atoms with E-state index in [4.69, 9.17) is 9.47 Å². The average Bonchev–Trinajstić information content (AvgIpc) is 3.24. The Morgan fingerprint density at radius 1 is 1.25 bits per heavy atom. The number of rotatable bonds is 9. The second-order valence-electron chi connectivity index (χ2n) is 7.15. The van der Waals surface area contributed by atoms with Gasteiger partial charge in [0.2, 0.25) is 0 Å². The van der Waals surface area contributed by atoms with Crippen molar-refractivity contribution in [1.29, 1.82) is 0 Å². The molecule has 0 radical (unpaired) electrons. The molecule has 2 heterocycles. The lowest BCUT2D eigenvalue weighted by molar-refractivity contribution is 0.0528. The second-order valence-corrected chi connectivity index (χ2v) is 10.4. The maximum absolute atomic E-state index is 11.9. The normalized spacial score (nSPS) is 19.6. The van der Waals surface area contributed by atoms with Crippen LogP contribution in [-0.4, -0.2) is 62.3 Å². The van der Waals surface area contributed by atoms with Gasteiger partial charge in [0, 0.05) is 24.0 Å². The summed E-state index contributed by atoms with van der Waals surface area (Å²) in [6, 6.07) is 9.19. The summed E-state index contributed by atoms with van der Waals surface area (Å²) in [5, 5.41) is 12.6. The minimum atomic E-state index is -2.99. The molecule has 28 heavy (non-hydrogen) atoms. The Morgan fingerprint density at radius 3 is 2.54 bits per heavy atom. The van der Waals surface area contributed by atoms with Crippen LogP contribution in [0, 0.1) is 6.92 Å². The van der Waals surface area contributed by atoms with Crippen LogP contribution in [0.4, 0.5) is 0 Å². The third-order valence-corrected chi connectivity index (χ3v) is 7.74. The number of benzene rings is 1. The van der Waals surface area contributed by atoms with E-state index in [0.717, 1.165) is 5.75 Å². The Bertz CT molecular complexity index is 863. The smallest absolute Gasteiger partial charge is 0.151 e. The summed E-state index contributed by atoms with van der Waals surface area (Å²) in [7, 11) is -1.39. The molecule has 0 aliphatic carbocycles. The Kier molecular flexibility index (Phi) is 6.98. The molecular formula is C20H27NO5S2. The molecule has 1 saturated heterocycles. The first kappa shape index (κ1) is 21.1. The number of nitrogens with zero attached hydrogens (tertiary/aromatic N) is 1. The Balaban J connectivity index is 1.61. The van der Waals surface area contributed by atoms with Crippen molar-refractivity contribution >= 4 is 21.2 Å². The van der Waals surface area contributed by atoms with Crippen molar-refractivity contribution in [1.82, 2.24) is 4.90 Å². The van der Waals surface area contributed by atoms with E-state index < -0.39 is 15.9 Å². The Labute approximate surface area is 170 Å². The number of thiophene rings is 1. The number of ether oxygens (including phenoxy) is 2. The zero-order valence-corrected chi connectivity index (χ0v) is 17.8. The van der Waals surface area contributed by atoms with Crippen molar-refractivity contribution in [2.75, 3.05) is 31.8 Å². The molecule has 2 unspecified atom stereocenters. The summed E-state index contributed by atoms with van der Waals surface area (Å²) in [5.41, 5.74) is 1.19. The van der Waals surface area contributed by atoms with Crippen molar-refractivity contribution in [2.45, 2.75) is 32.0 Å². The average molecular weight is 426 g/mol. The van der Waals surface area contributed by atoms with E-state index in [1.165, 1.54) is 10.4 Å². The number of aliphatic hydroxyl groups excluding tert-OH is 1. The zero-order chi connectivity index (χ0) is 20.1. The third kappa shape index (κ3) is 5.70. The summed E-state index contributed by atoms with van der Waals surface area (Å²) < 4.78 is 34.7. The monoisotopic (exact) mass is 425 g/mol. The van der Waals surface area contributed by atoms with Gasteiger partial charge in [-0.15, -0.1) is 11.3 Å². The van der Waals surface area contributed by atoms with Gasteiger partial charge in [-0.2, -0.15) is 0 Å². The molecule has 1 aliphatic rings. The van der Waals surface area contributed by atoms with Gasteiger partial charge in [0.05, 0.1) is 18.6 Å². The number of methoxy groups -OCH3 is 1. The lowest BCUT2D eigenvalue weighted by Gasteiger charge is -2.30. The van der Waals surface area contributed by atoms with E-state index in [0.29, 0.717) is 25.3 Å². The van der Waals surface area contributed by atoms with E-state index in [2.05, 4.69) is 17.9 Å². The quantitative estimate of drug-likeness (QED) is 0.665. The van der Waals surface area contributed by atoms with Crippen LogP contribution < -0.4 is 9.47 Å². The van der Waals surface area contributed by atoms with E-state index >= 15 is 0 Å². The predicted octanol–water partition coefficient (Wildman–Crippen LogP) is 2.49. The van der Waals surface area contributed by atoms with Crippen LogP contribution in [0.1, 0.15) is 16.9 Å². The molecule has 1 fully saturated rings. The van der Waals surface area contributed by atoms with Gasteiger partial charge in [-0.05, 0) is 54.6 Å². The summed E-state index contributed by atoms with van der Waals surface area (Å²) in [4.78, 5) is 3.29. The van der Waals surface area contributed by atoms with Crippen molar-refractivity contribution in [3.63, 3.8) is 0 Å².